The van der Waals surface area contributed by atoms with Crippen molar-refractivity contribution in [1.29, 1.82) is 0 Å². The lowest BCUT2D eigenvalue weighted by atomic mass is 10.1. The molecule has 0 heterocycles. The summed E-state index contributed by atoms with van der Waals surface area (Å²) in [5, 5.41) is 26.8. The first-order valence-electron chi connectivity index (χ1n) is 11.8. The van der Waals surface area contributed by atoms with Crippen LogP contribution in [0, 0.1) is 17.7 Å². The van der Waals surface area contributed by atoms with Crippen LogP contribution < -0.4 is 16.0 Å². The second-order valence-corrected chi connectivity index (χ2v) is 8.50. The standard InChI is InChI=1S/C29H28FN3O5/c1-19(35)28(26(36)18-34)33-29(38)23-11-7-20(8-12-23)5-6-21-9-13-25(14-10-21)32-27(37)17-31-16-22-3-2-4-24(30)15-22/h2-4,7-15,19,28,31,34-35H,16-18H2,1H3,(H,32,37)(H,33,38)/t19-,28+/m1/s1. The van der Waals surface area contributed by atoms with E-state index >= 15 is 0 Å². The first-order chi connectivity index (χ1) is 18.2. The Morgan fingerprint density at radius 2 is 1.58 bits per heavy atom. The van der Waals surface area contributed by atoms with Crippen molar-refractivity contribution in [2.45, 2.75) is 25.6 Å². The van der Waals surface area contributed by atoms with E-state index in [0.29, 0.717) is 17.8 Å². The Morgan fingerprint density at radius 1 is 0.947 bits per heavy atom. The third kappa shape index (κ3) is 8.64. The van der Waals surface area contributed by atoms with Gasteiger partial charge in [0.2, 0.25) is 5.91 Å². The molecule has 5 N–H and O–H groups in total. The van der Waals surface area contributed by atoms with Crippen molar-refractivity contribution in [3.8, 4) is 11.8 Å². The molecule has 3 aromatic rings. The fourth-order valence-corrected chi connectivity index (χ4v) is 3.45. The number of hydrogen-bond acceptors (Lipinski definition) is 6. The van der Waals surface area contributed by atoms with Gasteiger partial charge in [-0.2, -0.15) is 0 Å². The maximum atomic E-state index is 13.2. The minimum Gasteiger partial charge on any atom is -0.391 e. The van der Waals surface area contributed by atoms with Crippen molar-refractivity contribution in [2.75, 3.05) is 18.5 Å². The second-order valence-electron chi connectivity index (χ2n) is 8.50. The number of Topliss-reactive ketones (excluding diaryl/α,β-unsaturated/α-hetero) is 1. The van der Waals surface area contributed by atoms with Gasteiger partial charge in [0.25, 0.3) is 5.91 Å². The van der Waals surface area contributed by atoms with Crippen LogP contribution in [-0.2, 0) is 16.1 Å². The average molecular weight is 518 g/mol. The van der Waals surface area contributed by atoms with E-state index in [9.17, 15) is 23.9 Å². The molecule has 3 rings (SSSR count). The number of aliphatic hydroxyl groups excluding tert-OH is 2. The maximum absolute atomic E-state index is 13.2. The molecular weight excluding hydrogens is 489 g/mol. The summed E-state index contributed by atoms with van der Waals surface area (Å²) in [6, 6.07) is 18.3. The van der Waals surface area contributed by atoms with Crippen LogP contribution in [0.5, 0.6) is 0 Å². The van der Waals surface area contributed by atoms with Crippen molar-refractivity contribution in [1.82, 2.24) is 10.6 Å². The molecule has 8 nitrogen and oxygen atoms in total. The Labute approximate surface area is 219 Å². The number of halogens is 1. The summed E-state index contributed by atoms with van der Waals surface area (Å²) in [5.74, 6) is 4.20. The summed E-state index contributed by atoms with van der Waals surface area (Å²) in [6.07, 6.45) is -1.15. The first-order valence-corrected chi connectivity index (χ1v) is 11.8. The zero-order valence-corrected chi connectivity index (χ0v) is 20.7. The zero-order chi connectivity index (χ0) is 27.5. The fourth-order valence-electron chi connectivity index (χ4n) is 3.45. The molecule has 2 amide bonds. The number of anilines is 1. The van der Waals surface area contributed by atoms with E-state index in [1.54, 1.807) is 60.7 Å². The smallest absolute Gasteiger partial charge is 0.251 e. The molecule has 9 heteroatoms. The molecule has 3 aromatic carbocycles. The van der Waals surface area contributed by atoms with E-state index in [0.717, 1.165) is 11.1 Å². The van der Waals surface area contributed by atoms with Crippen LogP contribution in [0.25, 0.3) is 0 Å². The molecule has 0 saturated carbocycles. The Morgan fingerprint density at radius 3 is 2.16 bits per heavy atom. The van der Waals surface area contributed by atoms with Crippen molar-refractivity contribution in [3.63, 3.8) is 0 Å². The normalized spacial score (nSPS) is 12.0. The Kier molecular flexibility index (Phi) is 10.3. The number of benzene rings is 3. The summed E-state index contributed by atoms with van der Waals surface area (Å²) >= 11 is 0. The highest BCUT2D eigenvalue weighted by molar-refractivity contribution is 5.98. The highest BCUT2D eigenvalue weighted by Gasteiger charge is 2.25. The van der Waals surface area contributed by atoms with Gasteiger partial charge >= 0.3 is 0 Å². The third-order valence-corrected chi connectivity index (χ3v) is 5.44. The number of carbonyl (C=O) groups is 3. The first kappa shape index (κ1) is 28.2. The molecule has 2 atom stereocenters. The number of nitrogens with one attached hydrogen (secondary N) is 3. The van der Waals surface area contributed by atoms with Crippen LogP contribution in [0.2, 0.25) is 0 Å². The molecule has 0 aliphatic carbocycles. The molecule has 0 radical (unpaired) electrons. The molecular formula is C29H28FN3O5. The highest BCUT2D eigenvalue weighted by Crippen LogP contribution is 2.10. The number of carbonyl (C=O) groups excluding carboxylic acids is 3. The van der Waals surface area contributed by atoms with Gasteiger partial charge in [0.05, 0.1) is 12.6 Å². The summed E-state index contributed by atoms with van der Waals surface area (Å²) in [6.45, 7) is 1.01. The number of aliphatic hydroxyl groups is 2. The van der Waals surface area contributed by atoms with Gasteiger partial charge in [-0.1, -0.05) is 24.0 Å². The number of ketones is 1. The van der Waals surface area contributed by atoms with Crippen LogP contribution in [-0.4, -0.2) is 53.1 Å². The van der Waals surface area contributed by atoms with Crippen LogP contribution in [0.1, 0.15) is 34.0 Å². The predicted molar refractivity (Wildman–Crippen MR) is 141 cm³/mol. The molecule has 0 spiro atoms. The lowest BCUT2D eigenvalue weighted by molar-refractivity contribution is -0.125. The summed E-state index contributed by atoms with van der Waals surface area (Å²) in [4.78, 5) is 36.2. The van der Waals surface area contributed by atoms with Crippen LogP contribution in [0.4, 0.5) is 10.1 Å². The Balaban J connectivity index is 1.50. The van der Waals surface area contributed by atoms with Gasteiger partial charge < -0.3 is 26.2 Å². The van der Waals surface area contributed by atoms with Crippen molar-refractivity contribution < 1.29 is 29.0 Å². The van der Waals surface area contributed by atoms with E-state index < -0.39 is 30.4 Å². The molecule has 0 aromatic heterocycles. The van der Waals surface area contributed by atoms with Gasteiger partial charge in [-0.3, -0.25) is 14.4 Å². The zero-order valence-electron chi connectivity index (χ0n) is 20.7. The van der Waals surface area contributed by atoms with Crippen molar-refractivity contribution in [3.05, 3.63) is 101 Å². The number of amides is 2. The van der Waals surface area contributed by atoms with Crippen molar-refractivity contribution in [2.24, 2.45) is 0 Å². The maximum Gasteiger partial charge on any atom is 0.251 e. The quantitative estimate of drug-likeness (QED) is 0.262. The van der Waals surface area contributed by atoms with Gasteiger partial charge in [-0.05, 0) is 73.2 Å². The average Bonchev–Trinajstić information content (AvgIpc) is 2.91. The van der Waals surface area contributed by atoms with Gasteiger partial charge in [0.15, 0.2) is 5.78 Å². The number of hydrogen-bond donors (Lipinski definition) is 5. The summed E-state index contributed by atoms with van der Waals surface area (Å²) in [7, 11) is 0. The van der Waals surface area contributed by atoms with Gasteiger partial charge in [0.1, 0.15) is 18.5 Å². The van der Waals surface area contributed by atoms with Crippen LogP contribution in [0.15, 0.2) is 72.8 Å². The van der Waals surface area contributed by atoms with Crippen LogP contribution >= 0.6 is 0 Å². The summed E-state index contributed by atoms with van der Waals surface area (Å²) in [5.41, 5.74) is 3.01. The van der Waals surface area contributed by atoms with Crippen molar-refractivity contribution >= 4 is 23.3 Å². The van der Waals surface area contributed by atoms with Gasteiger partial charge in [-0.15, -0.1) is 0 Å². The predicted octanol–water partition coefficient (Wildman–Crippen LogP) is 1.99. The SMILES string of the molecule is C[C@@H](O)[C@H](NC(=O)c1ccc(C#Cc2ccc(NC(=O)CNCc3cccc(F)c3)cc2)cc1)C(=O)CO. The molecule has 0 fully saturated rings. The van der Waals surface area contributed by atoms with Gasteiger partial charge in [-0.25, -0.2) is 4.39 Å². The molecule has 0 bridgehead atoms. The monoisotopic (exact) mass is 517 g/mol. The second kappa shape index (κ2) is 13.8. The van der Waals surface area contributed by atoms with E-state index in [-0.39, 0.29) is 23.8 Å². The molecule has 0 saturated heterocycles. The fraction of sp³-hybridized carbons (Fsp3) is 0.207. The minimum absolute atomic E-state index is 0.0729. The van der Waals surface area contributed by atoms with E-state index in [4.69, 9.17) is 5.11 Å². The molecule has 0 aliphatic heterocycles. The van der Waals surface area contributed by atoms with E-state index in [1.807, 2.05) is 0 Å². The molecule has 0 aliphatic rings. The molecule has 196 valence electrons. The molecule has 38 heavy (non-hydrogen) atoms. The van der Waals surface area contributed by atoms with E-state index in [2.05, 4.69) is 27.8 Å². The minimum atomic E-state index is -1.20. The topological polar surface area (TPSA) is 128 Å². The van der Waals surface area contributed by atoms with Gasteiger partial charge in [0, 0.05) is 28.9 Å². The lowest BCUT2D eigenvalue weighted by Crippen LogP contribution is -2.48. The Hall–Kier alpha value is -4.36. The largest absolute Gasteiger partial charge is 0.391 e. The lowest BCUT2D eigenvalue weighted by Gasteiger charge is -2.19. The van der Waals surface area contributed by atoms with Crippen LogP contribution in [0.3, 0.4) is 0 Å². The highest BCUT2D eigenvalue weighted by atomic mass is 19.1. The number of rotatable bonds is 10. The summed E-state index contributed by atoms with van der Waals surface area (Å²) < 4.78 is 13.2. The Bertz CT molecular complexity index is 1330. The third-order valence-electron chi connectivity index (χ3n) is 5.44. The van der Waals surface area contributed by atoms with E-state index in [1.165, 1.54) is 19.1 Å². The molecule has 0 unspecified atom stereocenters.